The lowest BCUT2D eigenvalue weighted by molar-refractivity contribution is 0.0720. The van der Waals surface area contributed by atoms with E-state index in [1.54, 1.807) is 4.68 Å². The van der Waals surface area contributed by atoms with E-state index in [1.165, 1.54) is 6.42 Å². The van der Waals surface area contributed by atoms with Crippen molar-refractivity contribution in [2.75, 3.05) is 19.6 Å². The first-order chi connectivity index (χ1) is 9.47. The molecule has 5 nitrogen and oxygen atoms in total. The number of hydrogen-bond acceptors (Lipinski definition) is 3. The normalized spacial score (nSPS) is 18.8. The average Bonchev–Trinajstić information content (AvgIpc) is 2.96. The molecule has 0 spiro atoms. The van der Waals surface area contributed by atoms with Gasteiger partial charge in [-0.25, -0.2) is 0 Å². The van der Waals surface area contributed by atoms with Crippen molar-refractivity contribution in [3.8, 4) is 0 Å². The second-order valence-corrected chi connectivity index (χ2v) is 6.20. The zero-order valence-corrected chi connectivity index (χ0v) is 13.0. The Kier molecular flexibility index (Phi) is 4.81. The third kappa shape index (κ3) is 3.60. The summed E-state index contributed by atoms with van der Waals surface area (Å²) < 4.78 is 1.71. The molecule has 1 fully saturated rings. The molecule has 1 atom stereocenters. The van der Waals surface area contributed by atoms with Gasteiger partial charge in [-0.05, 0) is 32.2 Å². The first kappa shape index (κ1) is 15.0. The molecule has 0 aliphatic carbocycles. The van der Waals surface area contributed by atoms with Crippen molar-refractivity contribution >= 4 is 5.91 Å². The van der Waals surface area contributed by atoms with Gasteiger partial charge >= 0.3 is 0 Å². The Hall–Kier alpha value is -1.36. The van der Waals surface area contributed by atoms with E-state index in [1.807, 2.05) is 25.1 Å². The highest BCUT2D eigenvalue weighted by Gasteiger charge is 2.25. The van der Waals surface area contributed by atoms with Gasteiger partial charge in [0, 0.05) is 32.4 Å². The molecule has 0 bridgehead atoms. The number of aromatic nitrogens is 2. The van der Waals surface area contributed by atoms with Gasteiger partial charge in [-0.1, -0.05) is 13.8 Å². The minimum Gasteiger partial charge on any atom is -0.337 e. The molecule has 1 aromatic heterocycles. The maximum Gasteiger partial charge on any atom is 0.257 e. The Morgan fingerprint density at radius 1 is 1.60 bits per heavy atom. The molecule has 20 heavy (non-hydrogen) atoms. The number of hydrogen-bond donors (Lipinski definition) is 1. The molecule has 1 saturated heterocycles. The van der Waals surface area contributed by atoms with Gasteiger partial charge in [-0.3, -0.25) is 9.48 Å². The van der Waals surface area contributed by atoms with Gasteiger partial charge in [-0.15, -0.1) is 0 Å². The Morgan fingerprint density at radius 3 is 2.85 bits per heavy atom. The van der Waals surface area contributed by atoms with Crippen molar-refractivity contribution in [2.45, 2.75) is 39.7 Å². The summed E-state index contributed by atoms with van der Waals surface area (Å²) in [6, 6.07) is 0.440. The van der Waals surface area contributed by atoms with Crippen LogP contribution in [0.2, 0.25) is 0 Å². The Bertz CT molecular complexity index is 460. The predicted molar refractivity (Wildman–Crippen MR) is 79.7 cm³/mol. The SMILES string of the molecule is Cc1nn(C)cc1C(=O)N(CC(C)C)CC1CCCN1. The number of rotatable bonds is 5. The van der Waals surface area contributed by atoms with Crippen molar-refractivity contribution in [2.24, 2.45) is 13.0 Å². The van der Waals surface area contributed by atoms with Gasteiger partial charge in [0.05, 0.1) is 11.3 Å². The molecule has 1 aliphatic heterocycles. The lowest BCUT2D eigenvalue weighted by atomic mass is 10.1. The van der Waals surface area contributed by atoms with E-state index >= 15 is 0 Å². The van der Waals surface area contributed by atoms with E-state index in [-0.39, 0.29) is 5.91 Å². The standard InChI is InChI=1S/C15H26N4O/c1-11(2)8-19(9-13-6-5-7-16-13)15(20)14-10-18(4)17-12(14)3/h10-11,13,16H,5-9H2,1-4H3. The minimum absolute atomic E-state index is 0.109. The van der Waals surface area contributed by atoms with E-state index in [4.69, 9.17) is 0 Å². The van der Waals surface area contributed by atoms with Crippen molar-refractivity contribution < 1.29 is 4.79 Å². The van der Waals surface area contributed by atoms with Crippen LogP contribution >= 0.6 is 0 Å². The van der Waals surface area contributed by atoms with Crippen LogP contribution in [0.15, 0.2) is 6.20 Å². The van der Waals surface area contributed by atoms with Gasteiger partial charge in [0.1, 0.15) is 0 Å². The maximum atomic E-state index is 12.7. The summed E-state index contributed by atoms with van der Waals surface area (Å²) in [5, 5.41) is 7.75. The molecule has 0 saturated carbocycles. The zero-order valence-electron chi connectivity index (χ0n) is 13.0. The van der Waals surface area contributed by atoms with Crippen molar-refractivity contribution in [3.63, 3.8) is 0 Å². The molecule has 2 heterocycles. The third-order valence-electron chi connectivity index (χ3n) is 3.72. The number of carbonyl (C=O) groups is 1. The van der Waals surface area contributed by atoms with E-state index in [0.29, 0.717) is 12.0 Å². The average molecular weight is 278 g/mol. The number of amides is 1. The van der Waals surface area contributed by atoms with E-state index in [9.17, 15) is 4.79 Å². The summed E-state index contributed by atoms with van der Waals surface area (Å²) in [6.45, 7) is 8.86. The molecule has 1 aromatic rings. The summed E-state index contributed by atoms with van der Waals surface area (Å²) in [7, 11) is 1.86. The Labute approximate surface area is 121 Å². The molecule has 1 amide bonds. The summed E-state index contributed by atoms with van der Waals surface area (Å²) in [5.74, 6) is 0.579. The van der Waals surface area contributed by atoms with Crippen molar-refractivity contribution in [1.29, 1.82) is 0 Å². The first-order valence-electron chi connectivity index (χ1n) is 7.50. The highest BCUT2D eigenvalue weighted by Crippen LogP contribution is 2.14. The van der Waals surface area contributed by atoms with Crippen molar-refractivity contribution in [3.05, 3.63) is 17.5 Å². The molecule has 5 heteroatoms. The molecular formula is C15H26N4O. The fraction of sp³-hybridized carbons (Fsp3) is 0.733. The first-order valence-corrected chi connectivity index (χ1v) is 7.50. The molecule has 112 valence electrons. The van der Waals surface area contributed by atoms with Crippen LogP contribution in [0.3, 0.4) is 0 Å². The monoisotopic (exact) mass is 278 g/mol. The molecular weight excluding hydrogens is 252 g/mol. The predicted octanol–water partition coefficient (Wildman–Crippen LogP) is 1.58. The van der Waals surface area contributed by atoms with Gasteiger partial charge in [0.25, 0.3) is 5.91 Å². The molecule has 0 radical (unpaired) electrons. The fourth-order valence-electron chi connectivity index (χ4n) is 2.84. The summed E-state index contributed by atoms with van der Waals surface area (Å²) in [4.78, 5) is 14.7. The van der Waals surface area contributed by atoms with Crippen LogP contribution in [0.4, 0.5) is 0 Å². The number of carbonyl (C=O) groups excluding carboxylic acids is 1. The Morgan fingerprint density at radius 2 is 2.35 bits per heavy atom. The number of aryl methyl sites for hydroxylation is 2. The highest BCUT2D eigenvalue weighted by atomic mass is 16.2. The van der Waals surface area contributed by atoms with E-state index < -0.39 is 0 Å². The summed E-state index contributed by atoms with van der Waals surface area (Å²) in [5.41, 5.74) is 1.54. The van der Waals surface area contributed by atoms with E-state index in [2.05, 4.69) is 24.3 Å². The van der Waals surface area contributed by atoms with Crippen LogP contribution in [-0.2, 0) is 7.05 Å². The largest absolute Gasteiger partial charge is 0.337 e. The van der Waals surface area contributed by atoms with E-state index in [0.717, 1.165) is 37.3 Å². The third-order valence-corrected chi connectivity index (χ3v) is 3.72. The van der Waals surface area contributed by atoms with Crippen LogP contribution < -0.4 is 5.32 Å². The number of nitrogens with zero attached hydrogens (tertiary/aromatic N) is 3. The maximum absolute atomic E-state index is 12.7. The zero-order chi connectivity index (χ0) is 14.7. The lowest BCUT2D eigenvalue weighted by Crippen LogP contribution is -2.43. The lowest BCUT2D eigenvalue weighted by Gasteiger charge is -2.27. The molecule has 2 rings (SSSR count). The molecule has 1 N–H and O–H groups in total. The number of nitrogens with one attached hydrogen (secondary N) is 1. The second-order valence-electron chi connectivity index (χ2n) is 6.20. The van der Waals surface area contributed by atoms with Gasteiger partial charge in [0.2, 0.25) is 0 Å². The van der Waals surface area contributed by atoms with Crippen LogP contribution in [0.5, 0.6) is 0 Å². The topological polar surface area (TPSA) is 50.2 Å². The van der Waals surface area contributed by atoms with Crippen LogP contribution in [-0.4, -0.2) is 46.3 Å². The van der Waals surface area contributed by atoms with Crippen LogP contribution in [0.25, 0.3) is 0 Å². The minimum atomic E-state index is 0.109. The Balaban J connectivity index is 2.12. The van der Waals surface area contributed by atoms with Gasteiger partial charge < -0.3 is 10.2 Å². The van der Waals surface area contributed by atoms with Crippen LogP contribution in [0.1, 0.15) is 42.7 Å². The van der Waals surface area contributed by atoms with Gasteiger partial charge in [-0.2, -0.15) is 5.10 Å². The molecule has 1 aliphatic rings. The van der Waals surface area contributed by atoms with Gasteiger partial charge in [0.15, 0.2) is 0 Å². The summed E-state index contributed by atoms with van der Waals surface area (Å²) >= 11 is 0. The molecule has 0 aromatic carbocycles. The smallest absolute Gasteiger partial charge is 0.257 e. The second kappa shape index (κ2) is 6.39. The van der Waals surface area contributed by atoms with Crippen molar-refractivity contribution in [1.82, 2.24) is 20.0 Å². The fourth-order valence-corrected chi connectivity index (χ4v) is 2.84. The van der Waals surface area contributed by atoms with Crippen LogP contribution in [0, 0.1) is 12.8 Å². The highest BCUT2D eigenvalue weighted by molar-refractivity contribution is 5.95. The molecule has 1 unspecified atom stereocenters. The quantitative estimate of drug-likeness (QED) is 0.889. The summed E-state index contributed by atoms with van der Waals surface area (Å²) in [6.07, 6.45) is 4.20.